The van der Waals surface area contributed by atoms with E-state index in [0.29, 0.717) is 74.7 Å². The number of carbonyl (C=O) groups is 1. The number of aliphatic hydroxyl groups is 1. The summed E-state index contributed by atoms with van der Waals surface area (Å²) in [5.74, 6) is 0.550. The Morgan fingerprint density at radius 2 is 1.83 bits per heavy atom. The summed E-state index contributed by atoms with van der Waals surface area (Å²) in [4.78, 5) is 25.3. The van der Waals surface area contributed by atoms with Crippen molar-refractivity contribution >= 4 is 65.3 Å². The third kappa shape index (κ3) is 5.10. The minimum absolute atomic E-state index is 0.0506. The quantitative estimate of drug-likeness (QED) is 0.207. The van der Waals surface area contributed by atoms with Crippen molar-refractivity contribution in [2.45, 2.75) is 63.9 Å². The number of nitrogens with zero attached hydrogens (tertiary/aromatic N) is 8. The zero-order valence-electron chi connectivity index (χ0n) is 24.0. The van der Waals surface area contributed by atoms with Gasteiger partial charge in [0.2, 0.25) is 0 Å². The number of fused-ring (bicyclic) bond motifs is 4. The number of hydrogen-bond donors (Lipinski definition) is 2. The van der Waals surface area contributed by atoms with Crippen LogP contribution in [0.15, 0.2) is 12.1 Å². The van der Waals surface area contributed by atoms with E-state index < -0.39 is 14.2 Å². The molecule has 5 heterocycles. The zero-order chi connectivity index (χ0) is 29.9. The van der Waals surface area contributed by atoms with E-state index in [4.69, 9.17) is 43.0 Å². The number of ether oxygens (including phenoxy) is 1. The van der Waals surface area contributed by atoms with Crippen LogP contribution in [0.2, 0.25) is 35.9 Å². The maximum Gasteiger partial charge on any atom is 0.407 e. The fourth-order valence-electron chi connectivity index (χ4n) is 5.92. The van der Waals surface area contributed by atoms with Gasteiger partial charge < -0.3 is 24.7 Å². The molecular weight excluding hydrogens is 599 g/mol. The Labute approximate surface area is 253 Å². The third-order valence-electron chi connectivity index (χ3n) is 8.10. The number of hydrogen-bond acceptors (Lipinski definition) is 8. The molecule has 0 saturated carbocycles. The van der Waals surface area contributed by atoms with E-state index in [2.05, 4.69) is 29.6 Å². The van der Waals surface area contributed by atoms with Gasteiger partial charge in [-0.05, 0) is 31.0 Å². The molecule has 2 unspecified atom stereocenters. The minimum atomic E-state index is -1.30. The molecule has 6 rings (SSSR count). The summed E-state index contributed by atoms with van der Waals surface area (Å²) < 4.78 is 9.33. The highest BCUT2D eigenvalue weighted by atomic mass is 35.5. The molecule has 0 aliphatic carbocycles. The molecule has 3 aromatic heterocycles. The normalized spacial score (nSPS) is 19.0. The number of aliphatic hydroxyl groups excluding tert-OH is 1. The summed E-state index contributed by atoms with van der Waals surface area (Å²) >= 11 is 13.5. The van der Waals surface area contributed by atoms with Crippen LogP contribution in [0.5, 0.6) is 0 Å². The molecule has 2 aliphatic heterocycles. The van der Waals surface area contributed by atoms with Gasteiger partial charge in [-0.2, -0.15) is 10.2 Å². The predicted octanol–water partition coefficient (Wildman–Crippen LogP) is 4.82. The number of aromatic nitrogens is 6. The van der Waals surface area contributed by atoms with Gasteiger partial charge in [0.25, 0.3) is 0 Å². The average molecular weight is 634 g/mol. The Morgan fingerprint density at radius 3 is 2.48 bits per heavy atom. The molecule has 2 saturated heterocycles. The van der Waals surface area contributed by atoms with Crippen molar-refractivity contribution in [2.75, 3.05) is 24.6 Å². The molecule has 2 bridgehead atoms. The zero-order valence-corrected chi connectivity index (χ0v) is 26.5. The molecule has 0 spiro atoms. The van der Waals surface area contributed by atoms with Gasteiger partial charge in [-0.1, -0.05) is 42.8 Å². The molecule has 2 atom stereocenters. The van der Waals surface area contributed by atoms with Crippen LogP contribution in [0.25, 0.3) is 33.3 Å². The highest BCUT2D eigenvalue weighted by molar-refractivity contribution is 6.76. The minimum Gasteiger partial charge on any atom is -0.465 e. The van der Waals surface area contributed by atoms with E-state index in [-0.39, 0.29) is 25.4 Å². The van der Waals surface area contributed by atoms with Crippen molar-refractivity contribution in [3.05, 3.63) is 28.0 Å². The molecule has 2 fully saturated rings. The van der Waals surface area contributed by atoms with Crippen LogP contribution in [-0.4, -0.2) is 90.6 Å². The van der Waals surface area contributed by atoms with Gasteiger partial charge in [-0.3, -0.25) is 4.68 Å². The topological polar surface area (TPSA) is 135 Å². The van der Waals surface area contributed by atoms with Crippen molar-refractivity contribution in [3.63, 3.8) is 0 Å². The first kappa shape index (κ1) is 29.1. The average Bonchev–Trinajstić information content (AvgIpc) is 3.52. The fourth-order valence-corrected chi connectivity index (χ4v) is 7.29. The molecular formula is C27H34Cl2N8O4Si. The lowest BCUT2D eigenvalue weighted by molar-refractivity contribution is 0.0814. The molecule has 1 amide bonds. The number of anilines is 1. The summed E-state index contributed by atoms with van der Waals surface area (Å²) in [6, 6.07) is 4.58. The highest BCUT2D eigenvalue weighted by Crippen LogP contribution is 2.41. The van der Waals surface area contributed by atoms with E-state index in [1.54, 1.807) is 16.4 Å². The SMILES string of the molecule is Cn1nc2ccc(-c3nn(COCC[Si](C)(C)C)c4nc(N5C6CCC5CN(C(=O)O)C6)c(CO)nc34)c(Cl)c2c1Cl. The lowest BCUT2D eigenvalue weighted by Gasteiger charge is -2.41. The van der Waals surface area contributed by atoms with E-state index >= 15 is 0 Å². The maximum absolute atomic E-state index is 11.7. The van der Waals surface area contributed by atoms with Gasteiger partial charge in [-0.15, -0.1) is 0 Å². The van der Waals surface area contributed by atoms with Gasteiger partial charge in [0, 0.05) is 52.5 Å². The molecule has 2 N–H and O–H groups in total. The number of rotatable bonds is 8. The van der Waals surface area contributed by atoms with Crippen molar-refractivity contribution in [3.8, 4) is 11.3 Å². The van der Waals surface area contributed by atoms with Crippen LogP contribution in [0.4, 0.5) is 10.6 Å². The Morgan fingerprint density at radius 1 is 1.12 bits per heavy atom. The second-order valence-electron chi connectivity index (χ2n) is 12.2. The largest absolute Gasteiger partial charge is 0.465 e. The van der Waals surface area contributed by atoms with Crippen LogP contribution >= 0.6 is 23.2 Å². The summed E-state index contributed by atoms with van der Waals surface area (Å²) in [5.41, 5.74) is 3.16. The second-order valence-corrected chi connectivity index (χ2v) is 18.6. The van der Waals surface area contributed by atoms with Crippen LogP contribution in [-0.2, 0) is 25.1 Å². The number of amides is 1. The first-order chi connectivity index (χ1) is 20.0. The van der Waals surface area contributed by atoms with Gasteiger partial charge >= 0.3 is 6.09 Å². The molecule has 2 aliphatic rings. The summed E-state index contributed by atoms with van der Waals surface area (Å²) in [7, 11) is 0.454. The fraction of sp³-hybridized carbons (Fsp3) is 0.519. The molecule has 0 radical (unpaired) electrons. The smallest absolute Gasteiger partial charge is 0.407 e. The van der Waals surface area contributed by atoms with Gasteiger partial charge in [0.05, 0.1) is 22.5 Å². The number of likely N-dealkylation sites (tertiary alicyclic amines) is 1. The first-order valence-electron chi connectivity index (χ1n) is 14.0. The molecule has 12 nitrogen and oxygen atoms in total. The van der Waals surface area contributed by atoms with E-state index in [0.717, 1.165) is 18.9 Å². The predicted molar refractivity (Wildman–Crippen MR) is 164 cm³/mol. The molecule has 224 valence electrons. The second kappa shape index (κ2) is 10.9. The monoisotopic (exact) mass is 632 g/mol. The molecule has 42 heavy (non-hydrogen) atoms. The van der Waals surface area contributed by atoms with E-state index in [1.165, 1.54) is 4.90 Å². The first-order valence-corrected chi connectivity index (χ1v) is 18.5. The number of carboxylic acid groups (broad SMARTS) is 1. The Bertz CT molecular complexity index is 1670. The van der Waals surface area contributed by atoms with E-state index in [1.807, 2.05) is 12.1 Å². The van der Waals surface area contributed by atoms with Crippen LogP contribution < -0.4 is 4.90 Å². The van der Waals surface area contributed by atoms with Crippen molar-refractivity contribution in [1.82, 2.24) is 34.4 Å². The standard InChI is InChI=1S/C27H34Cl2N8O4Si/c1-34-24(29)20-18(32-34)8-7-17(21(20)28)22-23-26(36(33-22)14-41-9-10-42(2,3)4)31-25(19(13-38)30-23)37-15-5-6-16(37)12-35(11-15)27(39)40/h7-8,15-16,38H,5-6,9-14H2,1-4H3,(H,39,40). The lowest BCUT2D eigenvalue weighted by Crippen LogP contribution is -2.55. The number of benzene rings is 1. The number of halogens is 2. The maximum atomic E-state index is 11.7. The molecule has 1 aromatic carbocycles. The van der Waals surface area contributed by atoms with Gasteiger partial charge in [0.15, 0.2) is 11.5 Å². The third-order valence-corrected chi connectivity index (χ3v) is 10.6. The van der Waals surface area contributed by atoms with Crippen LogP contribution in [0.3, 0.4) is 0 Å². The van der Waals surface area contributed by atoms with E-state index in [9.17, 15) is 15.0 Å². The van der Waals surface area contributed by atoms with Crippen LogP contribution in [0, 0.1) is 0 Å². The highest BCUT2D eigenvalue weighted by Gasteiger charge is 2.43. The Hall–Kier alpha value is -2.97. The number of aryl methyl sites for hydroxylation is 1. The molecule has 4 aromatic rings. The summed E-state index contributed by atoms with van der Waals surface area (Å²) in [5, 5.41) is 30.8. The van der Waals surface area contributed by atoms with Crippen molar-refractivity contribution in [2.24, 2.45) is 7.05 Å². The number of piperazine rings is 1. The van der Waals surface area contributed by atoms with Gasteiger partial charge in [0.1, 0.15) is 28.8 Å². The van der Waals surface area contributed by atoms with Crippen molar-refractivity contribution in [1.29, 1.82) is 0 Å². The van der Waals surface area contributed by atoms with Crippen molar-refractivity contribution < 1.29 is 19.7 Å². The summed E-state index contributed by atoms with van der Waals surface area (Å²) in [6.07, 6.45) is 0.756. The lowest BCUT2D eigenvalue weighted by atomic mass is 10.1. The van der Waals surface area contributed by atoms with Crippen LogP contribution in [0.1, 0.15) is 18.5 Å². The van der Waals surface area contributed by atoms with Gasteiger partial charge in [-0.25, -0.2) is 19.4 Å². The summed E-state index contributed by atoms with van der Waals surface area (Å²) in [6.45, 7) is 8.07. The molecule has 15 heteroatoms. The Balaban J connectivity index is 1.47. The Kier molecular flexibility index (Phi) is 7.58.